The summed E-state index contributed by atoms with van der Waals surface area (Å²) in [6.45, 7) is 1.90. The highest BCUT2D eigenvalue weighted by Gasteiger charge is 2.17. The molecule has 6 aromatic heterocycles. The lowest BCUT2D eigenvalue weighted by Crippen LogP contribution is -2.04. The molecule has 1 aliphatic heterocycles. The Labute approximate surface area is 350 Å². The van der Waals surface area contributed by atoms with E-state index in [4.69, 9.17) is 57.1 Å². The molecule has 15 nitrogen and oxygen atoms in total. The summed E-state index contributed by atoms with van der Waals surface area (Å²) >= 11 is 26.2. The Morgan fingerprint density at radius 2 is 1.19 bits per heavy atom. The van der Waals surface area contributed by atoms with Crippen LogP contribution in [0.2, 0.25) is 10.0 Å². The van der Waals surface area contributed by atoms with Crippen LogP contribution >= 0.6 is 63.6 Å². The standard InChI is InChI=1S/C13H9ClN4O3.C12H9BrN4S.C12H9ClN4S/c14-9-2-11-10(20-6-21-11)1-7(9)3-18-4-8-12(17-18)15-5-16-13(8)19;2*13-10-4-2-1-3-8(10)5-17-6-9-11(16-17)14-7-15-12(9)18/h1-2,4-5H,3,6H2,(H,15,16,17,19);2*1-4,6-7H,5H2,(H,14,15,16,18). The lowest BCUT2D eigenvalue weighted by atomic mass is 10.2. The first-order valence-corrected chi connectivity index (χ1v) is 19.3. The molecule has 0 saturated heterocycles. The zero-order valence-electron chi connectivity index (χ0n) is 29.3. The smallest absolute Gasteiger partial charge is 0.261 e. The molecule has 0 saturated carbocycles. The van der Waals surface area contributed by atoms with Crippen molar-refractivity contribution in [1.29, 1.82) is 0 Å². The van der Waals surface area contributed by atoms with Crippen LogP contribution in [0.1, 0.15) is 16.7 Å². The molecule has 0 fully saturated rings. The summed E-state index contributed by atoms with van der Waals surface area (Å²) < 4.78 is 18.1. The summed E-state index contributed by atoms with van der Waals surface area (Å²) in [5.41, 5.74) is 4.70. The fourth-order valence-electron chi connectivity index (χ4n) is 5.81. The molecule has 0 unspecified atom stereocenters. The molecule has 1 aliphatic rings. The first-order chi connectivity index (χ1) is 27.7. The molecule has 7 heterocycles. The van der Waals surface area contributed by atoms with Gasteiger partial charge in [-0.25, -0.2) is 15.0 Å². The van der Waals surface area contributed by atoms with Gasteiger partial charge in [0.1, 0.15) is 14.7 Å². The van der Waals surface area contributed by atoms with Crippen LogP contribution in [-0.4, -0.2) is 66.0 Å². The van der Waals surface area contributed by atoms with Gasteiger partial charge in [-0.15, -0.1) is 0 Å². The van der Waals surface area contributed by atoms with Gasteiger partial charge in [-0.05, 0) is 34.9 Å². The van der Waals surface area contributed by atoms with Crippen LogP contribution in [0.25, 0.3) is 33.1 Å². The van der Waals surface area contributed by atoms with Crippen molar-refractivity contribution in [1.82, 2.24) is 59.2 Å². The molecule has 3 aromatic carbocycles. The second kappa shape index (κ2) is 16.7. The number of aromatic amines is 3. The fraction of sp³-hybridized carbons (Fsp3) is 0.108. The van der Waals surface area contributed by atoms with Crippen LogP contribution in [-0.2, 0) is 19.6 Å². The maximum absolute atomic E-state index is 11.7. The zero-order chi connectivity index (χ0) is 39.5. The Morgan fingerprint density at radius 3 is 1.82 bits per heavy atom. The molecule has 3 N–H and O–H groups in total. The molecular weight excluding hydrogens is 875 g/mol. The van der Waals surface area contributed by atoms with Gasteiger partial charge in [-0.2, -0.15) is 15.3 Å². The summed E-state index contributed by atoms with van der Waals surface area (Å²) in [5, 5.41) is 16.6. The molecule has 0 radical (unpaired) electrons. The van der Waals surface area contributed by atoms with Crippen molar-refractivity contribution in [3.63, 3.8) is 0 Å². The largest absolute Gasteiger partial charge is 0.454 e. The molecule has 57 heavy (non-hydrogen) atoms. The van der Waals surface area contributed by atoms with Crippen LogP contribution < -0.4 is 15.0 Å². The highest BCUT2D eigenvalue weighted by atomic mass is 79.9. The van der Waals surface area contributed by atoms with Crippen LogP contribution in [0, 0.1) is 9.28 Å². The van der Waals surface area contributed by atoms with Crippen molar-refractivity contribution in [2.75, 3.05) is 6.79 Å². The maximum atomic E-state index is 11.7. The molecule has 0 bridgehead atoms. The number of halogens is 3. The Bertz CT molecular complexity index is 2960. The van der Waals surface area contributed by atoms with Gasteiger partial charge in [0.05, 0.1) is 49.4 Å². The number of H-pyrrole nitrogens is 3. The average molecular weight is 903 g/mol. The monoisotopic (exact) mass is 900 g/mol. The van der Waals surface area contributed by atoms with Gasteiger partial charge >= 0.3 is 0 Å². The Morgan fingerprint density at radius 1 is 0.649 bits per heavy atom. The summed E-state index contributed by atoms with van der Waals surface area (Å²) in [6.07, 6.45) is 9.89. The number of nitrogens with one attached hydrogen (secondary N) is 3. The van der Waals surface area contributed by atoms with Crippen molar-refractivity contribution < 1.29 is 9.47 Å². The molecule has 10 rings (SSSR count). The first-order valence-electron chi connectivity index (χ1n) is 17.0. The number of hydrogen-bond acceptors (Lipinski definition) is 11. The van der Waals surface area contributed by atoms with Crippen molar-refractivity contribution in [2.24, 2.45) is 0 Å². The molecule has 0 aliphatic carbocycles. The van der Waals surface area contributed by atoms with Crippen LogP contribution in [0.4, 0.5) is 0 Å². The van der Waals surface area contributed by atoms with E-state index in [-0.39, 0.29) is 12.4 Å². The van der Waals surface area contributed by atoms with E-state index in [9.17, 15) is 4.79 Å². The lowest BCUT2D eigenvalue weighted by molar-refractivity contribution is 0.174. The van der Waals surface area contributed by atoms with E-state index in [1.807, 2.05) is 65.6 Å². The summed E-state index contributed by atoms with van der Waals surface area (Å²) in [6, 6.07) is 19.3. The molecule has 0 amide bonds. The van der Waals surface area contributed by atoms with E-state index in [2.05, 4.69) is 67.2 Å². The van der Waals surface area contributed by atoms with Crippen molar-refractivity contribution in [3.8, 4) is 11.5 Å². The third-order valence-electron chi connectivity index (χ3n) is 8.57. The van der Waals surface area contributed by atoms with Crippen molar-refractivity contribution in [3.05, 3.63) is 149 Å². The summed E-state index contributed by atoms with van der Waals surface area (Å²) in [7, 11) is 0. The van der Waals surface area contributed by atoms with Gasteiger partial charge in [0, 0.05) is 39.2 Å². The minimum absolute atomic E-state index is 0.195. The number of aromatic nitrogens is 12. The predicted octanol–water partition coefficient (Wildman–Crippen LogP) is 8.04. The number of fused-ring (bicyclic) bond motifs is 4. The quantitative estimate of drug-likeness (QED) is 0.138. The molecule has 286 valence electrons. The Hall–Kier alpha value is -5.79. The second-order valence-corrected chi connectivity index (χ2v) is 14.8. The summed E-state index contributed by atoms with van der Waals surface area (Å²) in [4.78, 5) is 32.2. The average Bonchev–Trinajstić information content (AvgIpc) is 4.01. The van der Waals surface area contributed by atoms with Crippen LogP contribution in [0.15, 0.2) is 108 Å². The van der Waals surface area contributed by atoms with Gasteiger partial charge in [0.15, 0.2) is 28.4 Å². The third kappa shape index (κ3) is 8.64. The zero-order valence-corrected chi connectivity index (χ0v) is 34.0. The predicted molar refractivity (Wildman–Crippen MR) is 224 cm³/mol. The van der Waals surface area contributed by atoms with Crippen LogP contribution in [0.3, 0.4) is 0 Å². The van der Waals surface area contributed by atoms with E-state index < -0.39 is 0 Å². The van der Waals surface area contributed by atoms with Crippen molar-refractivity contribution >= 4 is 96.7 Å². The lowest BCUT2D eigenvalue weighted by Gasteiger charge is -2.06. The highest BCUT2D eigenvalue weighted by molar-refractivity contribution is 9.10. The molecular formula is C37H27BrCl2N12O3S2. The number of rotatable bonds is 6. The minimum atomic E-state index is -0.219. The van der Waals surface area contributed by atoms with E-state index >= 15 is 0 Å². The molecule has 9 aromatic rings. The first kappa shape index (κ1) is 38.1. The SMILES string of the molecule is O=c1[nH]cnc2nn(Cc3cc4c(cc3Cl)OCO4)cc12.S=c1nc[nH]c2nn(Cc3ccccc3Br)cc12.S=c1nc[nH]c2nn(Cc3ccccc3Cl)cc12. The number of hydrogen-bond donors (Lipinski definition) is 3. The van der Waals surface area contributed by atoms with Crippen LogP contribution in [0.5, 0.6) is 11.5 Å². The number of benzene rings is 3. The third-order valence-corrected chi connectivity index (χ3v) is 10.7. The number of ether oxygens (including phenoxy) is 2. The van der Waals surface area contributed by atoms with E-state index in [1.54, 1.807) is 34.3 Å². The minimum Gasteiger partial charge on any atom is -0.454 e. The topological polar surface area (TPSA) is 175 Å². The van der Waals surface area contributed by atoms with E-state index in [1.165, 1.54) is 11.9 Å². The number of nitrogens with zero attached hydrogens (tertiary/aromatic N) is 9. The Balaban J connectivity index is 0.000000120. The van der Waals surface area contributed by atoms with E-state index in [0.717, 1.165) is 42.7 Å². The van der Waals surface area contributed by atoms with Gasteiger partial charge in [-0.3, -0.25) is 18.8 Å². The van der Waals surface area contributed by atoms with Gasteiger partial charge in [0.25, 0.3) is 5.56 Å². The Kier molecular flexibility index (Phi) is 11.2. The summed E-state index contributed by atoms with van der Waals surface area (Å²) in [5.74, 6) is 1.29. The normalized spacial score (nSPS) is 11.7. The fourth-order valence-corrected chi connectivity index (χ4v) is 7.03. The van der Waals surface area contributed by atoms with Crippen molar-refractivity contribution in [2.45, 2.75) is 19.6 Å². The molecule has 0 spiro atoms. The second-order valence-electron chi connectivity index (χ2n) is 12.4. The molecule has 20 heteroatoms. The van der Waals surface area contributed by atoms with Gasteiger partial charge < -0.3 is 24.4 Å². The van der Waals surface area contributed by atoms with Gasteiger partial charge in [-0.1, -0.05) is 100.0 Å². The molecule has 0 atom stereocenters. The van der Waals surface area contributed by atoms with Gasteiger partial charge in [0.2, 0.25) is 6.79 Å². The maximum Gasteiger partial charge on any atom is 0.261 e. The highest BCUT2D eigenvalue weighted by Crippen LogP contribution is 2.37. The van der Waals surface area contributed by atoms with E-state index in [0.29, 0.717) is 56.5 Å².